The molecule has 1 saturated heterocycles. The van der Waals surface area contributed by atoms with Crippen LogP contribution >= 0.6 is 0 Å². The Hall–Kier alpha value is -2.44. The first-order chi connectivity index (χ1) is 12.1. The van der Waals surface area contributed by atoms with Gasteiger partial charge in [0.1, 0.15) is 0 Å². The first kappa shape index (κ1) is 17.4. The van der Waals surface area contributed by atoms with Gasteiger partial charge in [0.05, 0.1) is 24.3 Å². The number of hydrogen-bond acceptors (Lipinski definition) is 4. The van der Waals surface area contributed by atoms with Gasteiger partial charge in [0.15, 0.2) is 11.6 Å². The molecule has 2 aromatic carbocycles. The summed E-state index contributed by atoms with van der Waals surface area (Å²) in [5.41, 5.74) is -0.0303. The highest BCUT2D eigenvalue weighted by atomic mass is 19.1. The van der Waals surface area contributed by atoms with Crippen LogP contribution < -0.4 is 15.4 Å². The number of aliphatic hydroxyl groups is 1. The van der Waals surface area contributed by atoms with E-state index in [1.54, 1.807) is 0 Å². The lowest BCUT2D eigenvalue weighted by Crippen LogP contribution is -2.61. The summed E-state index contributed by atoms with van der Waals surface area (Å²) in [5, 5.41) is 16.7. The first-order valence-electron chi connectivity index (χ1n) is 8.18. The van der Waals surface area contributed by atoms with Crippen LogP contribution in [-0.4, -0.2) is 37.3 Å². The van der Waals surface area contributed by atoms with E-state index in [9.17, 15) is 14.3 Å². The number of amides is 1. The molecule has 6 heteroatoms. The highest BCUT2D eigenvalue weighted by molar-refractivity contribution is 5.97. The van der Waals surface area contributed by atoms with Crippen LogP contribution in [-0.2, 0) is 5.54 Å². The highest BCUT2D eigenvalue weighted by Crippen LogP contribution is 2.32. The zero-order valence-electron chi connectivity index (χ0n) is 14.0. The predicted octanol–water partition coefficient (Wildman–Crippen LogP) is 1.81. The van der Waals surface area contributed by atoms with E-state index in [2.05, 4.69) is 10.6 Å². The van der Waals surface area contributed by atoms with Crippen LogP contribution in [0.5, 0.6) is 5.75 Å². The number of ether oxygens (including phenoxy) is 1. The van der Waals surface area contributed by atoms with Crippen molar-refractivity contribution in [2.24, 2.45) is 0 Å². The molecule has 1 heterocycles. The molecule has 0 aromatic heterocycles. The molecule has 2 aromatic rings. The number of rotatable bonds is 4. The summed E-state index contributed by atoms with van der Waals surface area (Å²) in [7, 11) is 1.32. The Morgan fingerprint density at radius 2 is 2.04 bits per heavy atom. The standard InChI is InChI=1S/C19H21FN2O3/c1-25-17-14(8-5-9-15(17)20)18(24)22-19(10-11-21-12-16(19)23)13-6-3-2-4-7-13/h2-9,16,21,23H,10-12H2,1H3,(H,22,24)/t16-,19+/m1/s1. The number of carbonyl (C=O) groups is 1. The number of halogens is 1. The topological polar surface area (TPSA) is 70.6 Å². The molecule has 0 radical (unpaired) electrons. The Labute approximate surface area is 145 Å². The summed E-state index contributed by atoms with van der Waals surface area (Å²) in [5.74, 6) is -1.19. The Kier molecular flexibility index (Phi) is 5.01. The maximum atomic E-state index is 13.9. The van der Waals surface area contributed by atoms with Gasteiger partial charge in [0.2, 0.25) is 0 Å². The van der Waals surface area contributed by atoms with Gasteiger partial charge in [-0.3, -0.25) is 4.79 Å². The van der Waals surface area contributed by atoms with E-state index in [-0.39, 0.29) is 11.3 Å². The fourth-order valence-electron chi connectivity index (χ4n) is 3.32. The molecule has 5 nitrogen and oxygen atoms in total. The number of aliphatic hydroxyl groups excluding tert-OH is 1. The molecular formula is C19H21FN2O3. The van der Waals surface area contributed by atoms with Crippen molar-refractivity contribution in [1.82, 2.24) is 10.6 Å². The lowest BCUT2D eigenvalue weighted by molar-refractivity contribution is 0.0288. The third-order valence-corrected chi connectivity index (χ3v) is 4.64. The summed E-state index contributed by atoms with van der Waals surface area (Å²) in [6.07, 6.45) is -0.297. The molecule has 132 valence electrons. The quantitative estimate of drug-likeness (QED) is 0.791. The predicted molar refractivity (Wildman–Crippen MR) is 92.0 cm³/mol. The molecule has 2 atom stereocenters. The van der Waals surface area contributed by atoms with Crippen LogP contribution in [0.4, 0.5) is 4.39 Å². The van der Waals surface area contributed by atoms with Gasteiger partial charge in [-0.2, -0.15) is 0 Å². The van der Waals surface area contributed by atoms with E-state index < -0.39 is 23.4 Å². The fourth-order valence-corrected chi connectivity index (χ4v) is 3.32. The van der Waals surface area contributed by atoms with Crippen molar-refractivity contribution >= 4 is 5.91 Å². The van der Waals surface area contributed by atoms with Crippen molar-refractivity contribution in [2.45, 2.75) is 18.1 Å². The summed E-state index contributed by atoms with van der Waals surface area (Å²) >= 11 is 0. The maximum Gasteiger partial charge on any atom is 0.255 e. The number of β-amino-alcohol motifs (C(OH)–C–C–N with tert-alkyl or cyclic N) is 1. The van der Waals surface area contributed by atoms with E-state index >= 15 is 0 Å². The Morgan fingerprint density at radius 1 is 1.28 bits per heavy atom. The Bertz CT molecular complexity index is 754. The van der Waals surface area contributed by atoms with Crippen molar-refractivity contribution < 1.29 is 19.0 Å². The number of carbonyl (C=O) groups excluding carboxylic acids is 1. The van der Waals surface area contributed by atoms with Gasteiger partial charge in [-0.25, -0.2) is 4.39 Å². The zero-order valence-corrected chi connectivity index (χ0v) is 14.0. The average Bonchev–Trinajstić information content (AvgIpc) is 2.64. The molecule has 0 saturated carbocycles. The molecule has 1 aliphatic heterocycles. The number of benzene rings is 2. The fraction of sp³-hybridized carbons (Fsp3) is 0.316. The van der Waals surface area contributed by atoms with Gasteiger partial charge in [-0.05, 0) is 30.7 Å². The summed E-state index contributed by atoms with van der Waals surface area (Å²) in [4.78, 5) is 12.9. The van der Waals surface area contributed by atoms with Crippen molar-refractivity contribution in [3.63, 3.8) is 0 Å². The molecule has 1 fully saturated rings. The van der Waals surface area contributed by atoms with E-state index in [1.807, 2.05) is 30.3 Å². The van der Waals surface area contributed by atoms with Gasteiger partial charge in [0.25, 0.3) is 5.91 Å². The van der Waals surface area contributed by atoms with Crippen LogP contribution in [0, 0.1) is 5.82 Å². The third kappa shape index (κ3) is 3.23. The van der Waals surface area contributed by atoms with E-state index in [0.717, 1.165) is 5.56 Å². The summed E-state index contributed by atoms with van der Waals surface area (Å²) in [6.45, 7) is 1.00. The second kappa shape index (κ2) is 7.21. The highest BCUT2D eigenvalue weighted by Gasteiger charge is 2.43. The van der Waals surface area contributed by atoms with Crippen molar-refractivity contribution in [3.05, 3.63) is 65.5 Å². The van der Waals surface area contributed by atoms with E-state index in [4.69, 9.17) is 4.74 Å². The lowest BCUT2D eigenvalue weighted by atomic mass is 9.79. The van der Waals surface area contributed by atoms with Gasteiger partial charge < -0.3 is 20.5 Å². The number of methoxy groups -OCH3 is 1. The molecule has 0 aliphatic carbocycles. The number of nitrogens with one attached hydrogen (secondary N) is 2. The number of piperidine rings is 1. The normalized spacial score (nSPS) is 23.1. The Morgan fingerprint density at radius 3 is 2.72 bits per heavy atom. The monoisotopic (exact) mass is 344 g/mol. The minimum Gasteiger partial charge on any atom is -0.493 e. The largest absolute Gasteiger partial charge is 0.493 e. The van der Waals surface area contributed by atoms with Gasteiger partial charge in [-0.1, -0.05) is 36.4 Å². The van der Waals surface area contributed by atoms with E-state index in [0.29, 0.717) is 19.5 Å². The molecule has 25 heavy (non-hydrogen) atoms. The van der Waals surface area contributed by atoms with Crippen LogP contribution in [0.3, 0.4) is 0 Å². The van der Waals surface area contributed by atoms with Crippen molar-refractivity contribution in [3.8, 4) is 5.75 Å². The average molecular weight is 344 g/mol. The lowest BCUT2D eigenvalue weighted by Gasteiger charge is -2.43. The molecule has 1 aliphatic rings. The van der Waals surface area contributed by atoms with Crippen molar-refractivity contribution in [1.29, 1.82) is 0 Å². The zero-order chi connectivity index (χ0) is 17.9. The van der Waals surface area contributed by atoms with Crippen LogP contribution in [0.2, 0.25) is 0 Å². The van der Waals surface area contributed by atoms with Gasteiger partial charge >= 0.3 is 0 Å². The molecule has 3 N–H and O–H groups in total. The molecule has 1 amide bonds. The molecule has 0 bridgehead atoms. The van der Waals surface area contributed by atoms with Gasteiger partial charge in [-0.15, -0.1) is 0 Å². The summed E-state index contributed by atoms with van der Waals surface area (Å²) in [6, 6.07) is 13.5. The van der Waals surface area contributed by atoms with Crippen LogP contribution in [0.25, 0.3) is 0 Å². The second-order valence-electron chi connectivity index (χ2n) is 6.08. The molecular weight excluding hydrogens is 323 g/mol. The van der Waals surface area contributed by atoms with Crippen LogP contribution in [0.15, 0.2) is 48.5 Å². The van der Waals surface area contributed by atoms with Crippen molar-refractivity contribution in [2.75, 3.05) is 20.2 Å². The van der Waals surface area contributed by atoms with Gasteiger partial charge in [0, 0.05) is 6.54 Å². The second-order valence-corrected chi connectivity index (χ2v) is 6.08. The minimum atomic E-state index is -0.944. The number of para-hydroxylation sites is 1. The third-order valence-electron chi connectivity index (χ3n) is 4.64. The SMILES string of the molecule is COc1c(F)cccc1C(=O)N[C@]1(c2ccccc2)CCNC[C@H]1O. The smallest absolute Gasteiger partial charge is 0.255 e. The maximum absolute atomic E-state index is 13.9. The molecule has 0 spiro atoms. The van der Waals surface area contributed by atoms with Crippen LogP contribution in [0.1, 0.15) is 22.3 Å². The summed E-state index contributed by atoms with van der Waals surface area (Å²) < 4.78 is 19.0. The molecule has 3 rings (SSSR count). The minimum absolute atomic E-state index is 0.100. The molecule has 0 unspecified atom stereocenters. The Balaban J connectivity index is 1.99. The first-order valence-corrected chi connectivity index (χ1v) is 8.18. The van der Waals surface area contributed by atoms with E-state index in [1.165, 1.54) is 25.3 Å². The number of hydrogen-bond donors (Lipinski definition) is 3.